The average Bonchev–Trinajstić information content (AvgIpc) is 2.89. The van der Waals surface area contributed by atoms with Gasteiger partial charge in [-0.05, 0) is 88.6 Å². The summed E-state index contributed by atoms with van der Waals surface area (Å²) in [5, 5.41) is 10.6. The summed E-state index contributed by atoms with van der Waals surface area (Å²) in [5.41, 5.74) is 3.92. The van der Waals surface area contributed by atoms with E-state index in [1.54, 1.807) is 30.2 Å². The second-order valence-corrected chi connectivity index (χ2v) is 8.05. The van der Waals surface area contributed by atoms with E-state index in [4.69, 9.17) is 4.74 Å². The van der Waals surface area contributed by atoms with Gasteiger partial charge < -0.3 is 9.84 Å². The highest BCUT2D eigenvalue weighted by Crippen LogP contribution is 2.38. The molecule has 1 aliphatic rings. The van der Waals surface area contributed by atoms with Gasteiger partial charge >= 0.3 is 0 Å². The molecule has 3 rings (SSSR count). The number of likely N-dealkylation sites (N-methyl/N-ethyl adjacent to an activating group) is 1. The van der Waals surface area contributed by atoms with Crippen molar-refractivity contribution in [1.82, 2.24) is 4.90 Å². The molecule has 1 saturated heterocycles. The van der Waals surface area contributed by atoms with Crippen LogP contribution in [-0.4, -0.2) is 35.2 Å². The van der Waals surface area contributed by atoms with Crippen LogP contribution < -0.4 is 4.74 Å². The Labute approximate surface area is 170 Å². The molecule has 1 N–H and O–H groups in total. The number of halogens is 1. The quantitative estimate of drug-likeness (QED) is 0.672. The fourth-order valence-electron chi connectivity index (χ4n) is 2.54. The number of amidine groups is 1. The van der Waals surface area contributed by atoms with Crippen molar-refractivity contribution >= 4 is 50.5 Å². The lowest BCUT2D eigenvalue weighted by atomic mass is 10.1. The van der Waals surface area contributed by atoms with Crippen LogP contribution in [0, 0.1) is 13.8 Å². The topological polar surface area (TPSA) is 62.1 Å². The predicted octanol–water partition coefficient (Wildman–Crippen LogP) is 5.01. The number of aryl methyl sites for hydroxylation is 2. The fraction of sp³-hybridized carbons (Fsp3) is 0.200. The van der Waals surface area contributed by atoms with Crippen LogP contribution in [0.25, 0.3) is 6.08 Å². The van der Waals surface area contributed by atoms with Crippen molar-refractivity contribution in [1.29, 1.82) is 0 Å². The van der Waals surface area contributed by atoms with Crippen LogP contribution in [0.5, 0.6) is 11.5 Å². The molecule has 0 saturated carbocycles. The average molecular weight is 447 g/mol. The summed E-state index contributed by atoms with van der Waals surface area (Å²) in [7, 11) is 3.19. The van der Waals surface area contributed by atoms with Crippen molar-refractivity contribution in [2.45, 2.75) is 13.8 Å². The van der Waals surface area contributed by atoms with E-state index < -0.39 is 0 Å². The van der Waals surface area contributed by atoms with Crippen LogP contribution in [0.2, 0.25) is 0 Å². The first-order chi connectivity index (χ1) is 12.8. The number of methoxy groups -OCH3 is 1. The van der Waals surface area contributed by atoms with Gasteiger partial charge in [0, 0.05) is 7.05 Å². The highest BCUT2D eigenvalue weighted by molar-refractivity contribution is 9.10. The van der Waals surface area contributed by atoms with Crippen LogP contribution in [0.3, 0.4) is 0 Å². The molecule has 7 heteroatoms. The Balaban J connectivity index is 1.94. The van der Waals surface area contributed by atoms with Gasteiger partial charge in [-0.2, -0.15) is 0 Å². The van der Waals surface area contributed by atoms with Gasteiger partial charge in [-0.3, -0.25) is 9.69 Å². The second kappa shape index (κ2) is 7.78. The summed E-state index contributed by atoms with van der Waals surface area (Å²) >= 11 is 4.62. The molecule has 1 amide bonds. The summed E-state index contributed by atoms with van der Waals surface area (Å²) in [4.78, 5) is 19.3. The minimum absolute atomic E-state index is 0.0270. The molecule has 0 radical (unpaired) electrons. The Bertz CT molecular complexity index is 985. The third kappa shape index (κ3) is 4.04. The molecule has 0 aliphatic carbocycles. The third-order valence-electron chi connectivity index (χ3n) is 4.29. The monoisotopic (exact) mass is 446 g/mol. The molecule has 1 heterocycles. The number of benzene rings is 2. The maximum absolute atomic E-state index is 12.6. The molecule has 0 unspecified atom stereocenters. The Hall–Kier alpha value is -2.25. The van der Waals surface area contributed by atoms with E-state index in [-0.39, 0.29) is 11.7 Å². The number of rotatable bonds is 3. The second-order valence-electron chi connectivity index (χ2n) is 6.19. The molecule has 2 aromatic rings. The first-order valence-electron chi connectivity index (χ1n) is 8.20. The SMILES string of the molecule is COc1cc(/C=C2\SC(=Nc3ccc(C)c(C)c3)N(C)C2=O)cc(Br)c1O. The van der Waals surface area contributed by atoms with Gasteiger partial charge in [-0.15, -0.1) is 0 Å². The number of aromatic hydroxyl groups is 1. The highest BCUT2D eigenvalue weighted by Gasteiger charge is 2.30. The van der Waals surface area contributed by atoms with Crippen molar-refractivity contribution < 1.29 is 14.6 Å². The van der Waals surface area contributed by atoms with Gasteiger partial charge in [-0.1, -0.05) is 6.07 Å². The molecule has 2 aromatic carbocycles. The minimum Gasteiger partial charge on any atom is -0.503 e. The summed E-state index contributed by atoms with van der Waals surface area (Å²) in [5.74, 6) is 0.244. The number of thioether (sulfide) groups is 1. The van der Waals surface area contributed by atoms with Crippen molar-refractivity contribution in [2.75, 3.05) is 14.2 Å². The van der Waals surface area contributed by atoms with E-state index in [2.05, 4.69) is 27.8 Å². The van der Waals surface area contributed by atoms with E-state index in [0.717, 1.165) is 16.8 Å². The Morgan fingerprint density at radius 3 is 2.63 bits per heavy atom. The number of phenols is 1. The number of carbonyl (C=O) groups is 1. The molecule has 140 valence electrons. The molecule has 0 atom stereocenters. The molecule has 1 fully saturated rings. The van der Waals surface area contributed by atoms with E-state index in [1.807, 2.05) is 25.1 Å². The predicted molar refractivity (Wildman–Crippen MR) is 114 cm³/mol. The number of nitrogens with zero attached hydrogens (tertiary/aromatic N) is 2. The lowest BCUT2D eigenvalue weighted by Crippen LogP contribution is -2.23. The van der Waals surface area contributed by atoms with Crippen LogP contribution in [-0.2, 0) is 4.79 Å². The van der Waals surface area contributed by atoms with E-state index in [0.29, 0.717) is 20.3 Å². The van der Waals surface area contributed by atoms with Gasteiger partial charge in [0.15, 0.2) is 16.7 Å². The zero-order chi connectivity index (χ0) is 19.7. The maximum atomic E-state index is 12.6. The van der Waals surface area contributed by atoms with Crippen molar-refractivity contribution in [3.8, 4) is 11.5 Å². The van der Waals surface area contributed by atoms with E-state index in [9.17, 15) is 9.90 Å². The van der Waals surface area contributed by atoms with Gasteiger partial charge in [0.05, 0.1) is 22.2 Å². The number of hydrogen-bond acceptors (Lipinski definition) is 5. The smallest absolute Gasteiger partial charge is 0.266 e. The summed E-state index contributed by atoms with van der Waals surface area (Å²) < 4.78 is 5.67. The van der Waals surface area contributed by atoms with Gasteiger partial charge in [0.1, 0.15) is 0 Å². The normalized spacial score (nSPS) is 17.2. The zero-order valence-electron chi connectivity index (χ0n) is 15.4. The van der Waals surface area contributed by atoms with Crippen molar-refractivity contribution in [3.05, 3.63) is 56.4 Å². The van der Waals surface area contributed by atoms with Crippen LogP contribution in [0.1, 0.15) is 16.7 Å². The van der Waals surface area contributed by atoms with Gasteiger partial charge in [0.25, 0.3) is 5.91 Å². The molecule has 1 aliphatic heterocycles. The molecule has 5 nitrogen and oxygen atoms in total. The Kier molecular flexibility index (Phi) is 5.62. The number of aliphatic imine (C=N–C) groups is 1. The number of ether oxygens (including phenoxy) is 1. The lowest BCUT2D eigenvalue weighted by Gasteiger charge is -2.08. The van der Waals surface area contributed by atoms with Crippen LogP contribution >= 0.6 is 27.7 Å². The van der Waals surface area contributed by atoms with Gasteiger partial charge in [0.2, 0.25) is 0 Å². The Morgan fingerprint density at radius 1 is 1.22 bits per heavy atom. The Morgan fingerprint density at radius 2 is 1.96 bits per heavy atom. The first-order valence-corrected chi connectivity index (χ1v) is 9.81. The van der Waals surface area contributed by atoms with Crippen LogP contribution in [0.15, 0.2) is 44.7 Å². The molecule has 0 aromatic heterocycles. The van der Waals surface area contributed by atoms with Crippen molar-refractivity contribution in [2.24, 2.45) is 4.99 Å². The lowest BCUT2D eigenvalue weighted by molar-refractivity contribution is -0.121. The van der Waals surface area contributed by atoms with Gasteiger partial charge in [-0.25, -0.2) is 4.99 Å². The maximum Gasteiger partial charge on any atom is 0.266 e. The highest BCUT2D eigenvalue weighted by atomic mass is 79.9. The minimum atomic E-state index is -0.120. The summed E-state index contributed by atoms with van der Waals surface area (Å²) in [6, 6.07) is 9.38. The molecular weight excluding hydrogens is 428 g/mol. The fourth-order valence-corrected chi connectivity index (χ4v) is 3.99. The number of phenolic OH excluding ortho intramolecular Hbond substituents is 1. The summed E-state index contributed by atoms with van der Waals surface area (Å²) in [6.45, 7) is 4.09. The first kappa shape index (κ1) is 19.5. The number of carbonyl (C=O) groups excluding carboxylic acids is 1. The number of hydrogen-bond donors (Lipinski definition) is 1. The zero-order valence-corrected chi connectivity index (χ0v) is 17.8. The molecular formula is C20H19BrN2O3S. The van der Waals surface area contributed by atoms with E-state index >= 15 is 0 Å². The van der Waals surface area contributed by atoms with Crippen LogP contribution in [0.4, 0.5) is 5.69 Å². The molecule has 27 heavy (non-hydrogen) atoms. The third-order valence-corrected chi connectivity index (χ3v) is 5.95. The standard InChI is InChI=1S/C20H19BrN2O3S/c1-11-5-6-14(7-12(11)2)22-20-23(3)19(25)17(27-20)10-13-8-15(21)18(24)16(9-13)26-4/h5-10,24H,1-4H3/b17-10-,22-20?. The number of amides is 1. The molecule has 0 bridgehead atoms. The summed E-state index contributed by atoms with van der Waals surface area (Å²) in [6.07, 6.45) is 1.76. The largest absolute Gasteiger partial charge is 0.503 e. The molecule has 0 spiro atoms. The van der Waals surface area contributed by atoms with E-state index in [1.165, 1.54) is 24.4 Å². The van der Waals surface area contributed by atoms with Crippen molar-refractivity contribution in [3.63, 3.8) is 0 Å².